The van der Waals surface area contributed by atoms with E-state index in [1.54, 1.807) is 20.8 Å². The van der Waals surface area contributed by atoms with Crippen molar-refractivity contribution in [1.82, 2.24) is 0 Å². The summed E-state index contributed by atoms with van der Waals surface area (Å²) in [5, 5.41) is 20.0. The number of aliphatic hydroxyl groups is 2. The normalized spacial score (nSPS) is 33.6. The molecule has 50 heavy (non-hydrogen) atoms. The molecule has 5 rings (SSSR count). The summed E-state index contributed by atoms with van der Waals surface area (Å²) in [7, 11) is 0. The molecule has 6 unspecified atom stereocenters. The average molecular weight is 732 g/mol. The molecule has 0 saturated heterocycles. The highest BCUT2D eigenvalue weighted by atomic mass is 19.4. The molecule has 0 heterocycles. The summed E-state index contributed by atoms with van der Waals surface area (Å²) in [6.07, 6.45) is -7.42. The minimum Gasteiger partial charge on any atom is -0.462 e. The summed E-state index contributed by atoms with van der Waals surface area (Å²) in [6.45, 7) is 11.6. The van der Waals surface area contributed by atoms with Gasteiger partial charge in [0, 0.05) is 18.3 Å². The van der Waals surface area contributed by atoms with Crippen LogP contribution in [-0.2, 0) is 23.8 Å². The van der Waals surface area contributed by atoms with Crippen LogP contribution in [0, 0.1) is 34.5 Å². The SMILES string of the molecule is CCC(C)(C)C(=O)OC12CC3CC(CC(OC(N)=O)(C3)C1)C2.CCC(C)(C)C(=O)OC1CC(C(C)(O)C(F)(F)F)CC(C(C)(O)C(F)(F)F)C1. The van der Waals surface area contributed by atoms with Gasteiger partial charge >= 0.3 is 30.4 Å². The van der Waals surface area contributed by atoms with E-state index in [0.29, 0.717) is 38.5 Å². The maximum Gasteiger partial charge on any atom is 0.417 e. The van der Waals surface area contributed by atoms with Crippen LogP contribution in [0.25, 0.3) is 0 Å². The van der Waals surface area contributed by atoms with E-state index in [4.69, 9.17) is 19.9 Å². The number of hydrogen-bond donors (Lipinski definition) is 3. The average Bonchev–Trinajstić information content (AvgIpc) is 2.94. The molecule has 5 fully saturated rings. The molecule has 6 atom stereocenters. The highest BCUT2D eigenvalue weighted by Gasteiger charge is 2.63. The predicted octanol–water partition coefficient (Wildman–Crippen LogP) is 7.53. The van der Waals surface area contributed by atoms with Crippen LogP contribution in [0.2, 0.25) is 0 Å². The van der Waals surface area contributed by atoms with Gasteiger partial charge in [0.15, 0.2) is 11.2 Å². The van der Waals surface area contributed by atoms with Crippen LogP contribution in [0.4, 0.5) is 31.1 Å². The maximum absolute atomic E-state index is 13.3. The highest BCUT2D eigenvalue weighted by molar-refractivity contribution is 5.76. The van der Waals surface area contributed by atoms with Gasteiger partial charge in [-0.1, -0.05) is 13.8 Å². The van der Waals surface area contributed by atoms with E-state index in [2.05, 4.69) is 0 Å². The molecule has 1 amide bonds. The van der Waals surface area contributed by atoms with Gasteiger partial charge in [-0.05, 0) is 118 Å². The largest absolute Gasteiger partial charge is 0.462 e. The third-order valence-electron chi connectivity index (χ3n) is 12.1. The second-order valence-electron chi connectivity index (χ2n) is 17.0. The van der Waals surface area contributed by atoms with Crippen molar-refractivity contribution in [2.24, 2.45) is 40.2 Å². The van der Waals surface area contributed by atoms with Gasteiger partial charge in [-0.2, -0.15) is 26.3 Å². The first kappa shape index (κ1) is 42.1. The van der Waals surface area contributed by atoms with Crippen LogP contribution in [0.5, 0.6) is 0 Å². The lowest BCUT2D eigenvalue weighted by Crippen LogP contribution is -2.62. The Hall–Kier alpha value is -2.29. The highest BCUT2D eigenvalue weighted by Crippen LogP contribution is 2.60. The fraction of sp³-hybridized carbons (Fsp3) is 0.914. The monoisotopic (exact) mass is 731 g/mol. The van der Waals surface area contributed by atoms with Gasteiger partial charge in [-0.3, -0.25) is 9.59 Å². The summed E-state index contributed by atoms with van der Waals surface area (Å²) in [5.41, 5.74) is -3.71. The van der Waals surface area contributed by atoms with E-state index in [1.165, 1.54) is 0 Å². The van der Waals surface area contributed by atoms with Crippen molar-refractivity contribution < 1.29 is 65.1 Å². The number of carbonyl (C=O) groups excluding carboxylic acids is 3. The van der Waals surface area contributed by atoms with Crippen LogP contribution >= 0.6 is 0 Å². The molecule has 4 N–H and O–H groups in total. The number of carbonyl (C=O) groups is 3. The van der Waals surface area contributed by atoms with Crippen molar-refractivity contribution in [3.05, 3.63) is 0 Å². The first-order chi connectivity index (χ1) is 22.4. The van der Waals surface area contributed by atoms with Crippen LogP contribution in [-0.4, -0.2) is 69.1 Å². The summed E-state index contributed by atoms with van der Waals surface area (Å²) < 4.78 is 96.4. The fourth-order valence-electron chi connectivity index (χ4n) is 8.23. The fourth-order valence-corrected chi connectivity index (χ4v) is 8.23. The summed E-state index contributed by atoms with van der Waals surface area (Å²) in [6, 6.07) is 0. The van der Waals surface area contributed by atoms with Gasteiger partial charge in [0.1, 0.15) is 17.3 Å². The Bertz CT molecular complexity index is 1210. The second-order valence-corrected chi connectivity index (χ2v) is 17.0. The topological polar surface area (TPSA) is 145 Å². The molecular formula is C35H55F6NO8. The van der Waals surface area contributed by atoms with Gasteiger partial charge in [0.05, 0.1) is 10.8 Å². The number of rotatable bonds is 9. The van der Waals surface area contributed by atoms with Crippen molar-refractivity contribution in [2.75, 3.05) is 0 Å². The molecule has 4 bridgehead atoms. The predicted molar refractivity (Wildman–Crippen MR) is 169 cm³/mol. The Labute approximate surface area is 290 Å². The molecule has 0 aromatic heterocycles. The number of alkyl halides is 6. The zero-order chi connectivity index (χ0) is 38.5. The molecule has 0 aromatic carbocycles. The zero-order valence-corrected chi connectivity index (χ0v) is 30.4. The van der Waals surface area contributed by atoms with E-state index >= 15 is 0 Å². The van der Waals surface area contributed by atoms with Gasteiger partial charge in [0.25, 0.3) is 0 Å². The minimum atomic E-state index is -5.10. The number of ether oxygens (including phenoxy) is 3. The number of hydrogen-bond acceptors (Lipinski definition) is 8. The first-order valence-electron chi connectivity index (χ1n) is 17.5. The molecule has 9 nitrogen and oxygen atoms in total. The van der Waals surface area contributed by atoms with Crippen LogP contribution < -0.4 is 5.73 Å². The number of esters is 2. The van der Waals surface area contributed by atoms with E-state index in [9.17, 15) is 50.9 Å². The smallest absolute Gasteiger partial charge is 0.417 e. The second kappa shape index (κ2) is 13.9. The number of primary amides is 1. The quantitative estimate of drug-likeness (QED) is 0.125. The molecule has 0 aromatic rings. The Balaban J connectivity index is 0.000000277. The van der Waals surface area contributed by atoms with Crippen LogP contribution in [0.1, 0.15) is 126 Å². The van der Waals surface area contributed by atoms with Crippen molar-refractivity contribution in [1.29, 1.82) is 0 Å². The summed E-state index contributed by atoms with van der Waals surface area (Å²) >= 11 is 0. The molecular weight excluding hydrogens is 676 g/mol. The van der Waals surface area contributed by atoms with E-state index in [-0.39, 0.29) is 5.97 Å². The lowest BCUT2D eigenvalue weighted by atomic mass is 9.52. The maximum atomic E-state index is 13.3. The van der Waals surface area contributed by atoms with E-state index in [1.807, 2.05) is 20.8 Å². The van der Waals surface area contributed by atoms with E-state index in [0.717, 1.165) is 38.5 Å². The summed E-state index contributed by atoms with van der Waals surface area (Å²) in [5.74, 6) is -3.30. The first-order valence-corrected chi connectivity index (χ1v) is 17.5. The van der Waals surface area contributed by atoms with E-state index < -0.39 is 94.9 Å². The molecule has 0 spiro atoms. The van der Waals surface area contributed by atoms with Crippen molar-refractivity contribution >= 4 is 18.0 Å². The Kier molecular flexibility index (Phi) is 11.7. The Morgan fingerprint density at radius 2 is 1.04 bits per heavy atom. The standard InChI is InChI=1S/C18H28F6O4.C17H27NO4/c1-6-14(2,3)13(25)28-12-8-10(15(4,26)17(19,20)21)7-11(9-12)16(5,27)18(22,23)24;1-4-15(2,3)13(19)21-16-6-11-5-12(7-16)9-17(8-11,10-16)22-14(18)20/h10-12,26-27H,6-9H2,1-5H3;11-12H,4-10H2,1-3H3,(H2,18,20). The van der Waals surface area contributed by atoms with Gasteiger partial charge in [0.2, 0.25) is 0 Å². The van der Waals surface area contributed by atoms with Gasteiger partial charge in [-0.15, -0.1) is 0 Å². The lowest BCUT2D eigenvalue weighted by molar-refractivity contribution is -0.299. The van der Waals surface area contributed by atoms with Crippen molar-refractivity contribution in [3.63, 3.8) is 0 Å². The molecule has 5 aliphatic rings. The molecule has 290 valence electrons. The molecule has 5 aliphatic carbocycles. The van der Waals surface area contributed by atoms with Gasteiger partial charge in [-0.25, -0.2) is 4.79 Å². The van der Waals surface area contributed by atoms with Crippen molar-refractivity contribution in [2.45, 2.75) is 167 Å². The van der Waals surface area contributed by atoms with Crippen LogP contribution in [0.3, 0.4) is 0 Å². The van der Waals surface area contributed by atoms with Crippen LogP contribution in [0.15, 0.2) is 0 Å². The molecule has 0 radical (unpaired) electrons. The Morgan fingerprint density at radius 3 is 1.40 bits per heavy atom. The molecule has 0 aliphatic heterocycles. The number of nitrogens with two attached hydrogens (primary N) is 1. The number of halogens is 6. The zero-order valence-electron chi connectivity index (χ0n) is 30.4. The third-order valence-corrected chi connectivity index (χ3v) is 12.1. The molecule has 15 heteroatoms. The van der Waals surface area contributed by atoms with Crippen molar-refractivity contribution in [3.8, 4) is 0 Å². The third kappa shape index (κ3) is 8.83. The lowest BCUT2D eigenvalue weighted by Gasteiger charge is -2.60. The van der Waals surface area contributed by atoms with Gasteiger partial charge < -0.3 is 30.2 Å². The summed E-state index contributed by atoms with van der Waals surface area (Å²) in [4.78, 5) is 36.1. The number of amides is 1. The molecule has 5 saturated carbocycles. The Morgan fingerprint density at radius 1 is 0.660 bits per heavy atom. The minimum absolute atomic E-state index is 0.133.